The molecular weight excluding hydrogens is 232 g/mol. The van der Waals surface area contributed by atoms with E-state index in [2.05, 4.69) is 34.0 Å². The molecule has 1 fully saturated rings. The van der Waals surface area contributed by atoms with E-state index in [1.54, 1.807) is 0 Å². The Kier molecular flexibility index (Phi) is 4.36. The second-order valence-corrected chi connectivity index (χ2v) is 6.04. The molecule has 0 saturated carbocycles. The van der Waals surface area contributed by atoms with Crippen molar-refractivity contribution in [3.63, 3.8) is 0 Å². The van der Waals surface area contributed by atoms with Gasteiger partial charge in [0.1, 0.15) is 0 Å². The van der Waals surface area contributed by atoms with Crippen molar-refractivity contribution in [2.24, 2.45) is 5.92 Å². The zero-order valence-electron chi connectivity index (χ0n) is 10.7. The van der Waals surface area contributed by atoms with E-state index >= 15 is 0 Å². The van der Waals surface area contributed by atoms with Crippen molar-refractivity contribution in [1.29, 1.82) is 0 Å². The fraction of sp³-hybridized carbons (Fsp3) is 0.750. The highest BCUT2D eigenvalue weighted by molar-refractivity contribution is 7.13. The minimum Gasteiger partial charge on any atom is -0.375 e. The van der Waals surface area contributed by atoms with Crippen LogP contribution in [0.3, 0.4) is 0 Å². The van der Waals surface area contributed by atoms with Crippen molar-refractivity contribution < 1.29 is 0 Å². The Morgan fingerprint density at radius 2 is 1.94 bits per heavy atom. The van der Waals surface area contributed by atoms with Crippen molar-refractivity contribution in [3.05, 3.63) is 11.1 Å². The van der Waals surface area contributed by atoms with Crippen LogP contribution in [0.15, 0.2) is 5.38 Å². The van der Waals surface area contributed by atoms with E-state index in [4.69, 9.17) is 5.73 Å². The molecule has 96 valence electrons. The molecule has 0 atom stereocenters. The first-order chi connectivity index (χ1) is 8.13. The predicted molar refractivity (Wildman–Crippen MR) is 73.1 cm³/mol. The van der Waals surface area contributed by atoms with Gasteiger partial charge in [-0.25, -0.2) is 4.98 Å². The molecule has 0 radical (unpaired) electrons. The molecule has 0 unspecified atom stereocenters. The van der Waals surface area contributed by atoms with E-state index in [0.29, 0.717) is 5.13 Å². The maximum Gasteiger partial charge on any atom is 0.180 e. The van der Waals surface area contributed by atoms with Crippen LogP contribution in [-0.4, -0.2) is 47.5 Å². The van der Waals surface area contributed by atoms with E-state index < -0.39 is 0 Å². The number of piperazine rings is 1. The van der Waals surface area contributed by atoms with E-state index in [0.717, 1.165) is 31.2 Å². The van der Waals surface area contributed by atoms with Crippen LogP contribution in [0.1, 0.15) is 19.5 Å². The monoisotopic (exact) mass is 254 g/mol. The summed E-state index contributed by atoms with van der Waals surface area (Å²) in [7, 11) is 0. The molecule has 0 spiro atoms. The summed E-state index contributed by atoms with van der Waals surface area (Å²) < 4.78 is 0. The first kappa shape index (κ1) is 12.8. The van der Waals surface area contributed by atoms with Gasteiger partial charge in [0, 0.05) is 44.6 Å². The molecule has 0 amide bonds. The van der Waals surface area contributed by atoms with Gasteiger partial charge in [-0.15, -0.1) is 11.3 Å². The summed E-state index contributed by atoms with van der Waals surface area (Å²) in [5.74, 6) is 0.764. The number of rotatable bonds is 4. The molecule has 1 aliphatic rings. The molecule has 4 nitrogen and oxygen atoms in total. The summed E-state index contributed by atoms with van der Waals surface area (Å²) in [4.78, 5) is 9.33. The Labute approximate surface area is 107 Å². The molecule has 5 heteroatoms. The summed E-state index contributed by atoms with van der Waals surface area (Å²) in [6.07, 6.45) is 0. The number of aromatic nitrogens is 1. The SMILES string of the molecule is CC(C)CN1CCN(Cc2csc(N)n2)CC1. The summed E-state index contributed by atoms with van der Waals surface area (Å²) in [5.41, 5.74) is 6.76. The lowest BCUT2D eigenvalue weighted by atomic mass is 10.2. The van der Waals surface area contributed by atoms with Gasteiger partial charge in [0.15, 0.2) is 5.13 Å². The van der Waals surface area contributed by atoms with E-state index in [1.165, 1.54) is 31.0 Å². The Morgan fingerprint density at radius 1 is 1.29 bits per heavy atom. The number of nitrogens with two attached hydrogens (primary N) is 1. The van der Waals surface area contributed by atoms with Crippen LogP contribution in [0.25, 0.3) is 0 Å². The largest absolute Gasteiger partial charge is 0.375 e. The normalized spacial score (nSPS) is 19.0. The second-order valence-electron chi connectivity index (χ2n) is 5.15. The Hall–Kier alpha value is -0.650. The second kappa shape index (κ2) is 5.80. The molecule has 1 aromatic heterocycles. The predicted octanol–water partition coefficient (Wildman–Crippen LogP) is 1.50. The maximum atomic E-state index is 5.64. The third-order valence-electron chi connectivity index (χ3n) is 3.04. The molecule has 1 aromatic rings. The van der Waals surface area contributed by atoms with Crippen LogP contribution in [0, 0.1) is 5.92 Å². The van der Waals surface area contributed by atoms with Gasteiger partial charge in [0.2, 0.25) is 0 Å². The van der Waals surface area contributed by atoms with Crippen molar-refractivity contribution >= 4 is 16.5 Å². The highest BCUT2D eigenvalue weighted by Crippen LogP contribution is 2.14. The average molecular weight is 254 g/mol. The highest BCUT2D eigenvalue weighted by atomic mass is 32.1. The summed E-state index contributed by atoms with van der Waals surface area (Å²) in [6, 6.07) is 0. The van der Waals surface area contributed by atoms with Crippen molar-refractivity contribution in [2.75, 3.05) is 38.5 Å². The lowest BCUT2D eigenvalue weighted by Gasteiger charge is -2.35. The quantitative estimate of drug-likeness (QED) is 0.884. The molecule has 0 bridgehead atoms. The fourth-order valence-corrected chi connectivity index (χ4v) is 2.82. The third kappa shape index (κ3) is 3.94. The topological polar surface area (TPSA) is 45.4 Å². The minimum absolute atomic E-state index is 0.679. The molecule has 0 aliphatic carbocycles. The van der Waals surface area contributed by atoms with Gasteiger partial charge in [-0.1, -0.05) is 13.8 Å². The fourth-order valence-electron chi connectivity index (χ4n) is 2.27. The van der Waals surface area contributed by atoms with Crippen LogP contribution in [0.2, 0.25) is 0 Å². The van der Waals surface area contributed by atoms with Crippen LogP contribution in [0.4, 0.5) is 5.13 Å². The molecule has 2 heterocycles. The zero-order valence-corrected chi connectivity index (χ0v) is 11.5. The van der Waals surface area contributed by atoms with Gasteiger partial charge in [-0.05, 0) is 5.92 Å². The van der Waals surface area contributed by atoms with Crippen LogP contribution in [0.5, 0.6) is 0 Å². The third-order valence-corrected chi connectivity index (χ3v) is 3.77. The van der Waals surface area contributed by atoms with Crippen LogP contribution < -0.4 is 5.73 Å². The highest BCUT2D eigenvalue weighted by Gasteiger charge is 2.18. The van der Waals surface area contributed by atoms with E-state index in [-0.39, 0.29) is 0 Å². The molecule has 1 aliphatic heterocycles. The molecule has 0 aromatic carbocycles. The summed E-state index contributed by atoms with van der Waals surface area (Å²) in [5, 5.41) is 2.74. The molecule has 1 saturated heterocycles. The number of hydrogen-bond donors (Lipinski definition) is 1. The van der Waals surface area contributed by atoms with Gasteiger partial charge in [0.05, 0.1) is 5.69 Å². The van der Waals surface area contributed by atoms with Gasteiger partial charge in [-0.3, -0.25) is 4.90 Å². The summed E-state index contributed by atoms with van der Waals surface area (Å²) in [6.45, 7) is 11.4. The van der Waals surface area contributed by atoms with Crippen molar-refractivity contribution in [2.45, 2.75) is 20.4 Å². The summed E-state index contributed by atoms with van der Waals surface area (Å²) >= 11 is 1.53. The number of anilines is 1. The number of nitrogen functional groups attached to an aromatic ring is 1. The maximum absolute atomic E-state index is 5.64. The molecule has 17 heavy (non-hydrogen) atoms. The van der Waals surface area contributed by atoms with Crippen LogP contribution in [-0.2, 0) is 6.54 Å². The van der Waals surface area contributed by atoms with E-state index in [9.17, 15) is 0 Å². The first-order valence-corrected chi connectivity index (χ1v) is 7.16. The molecule has 2 N–H and O–H groups in total. The number of thiazole rings is 1. The van der Waals surface area contributed by atoms with Gasteiger partial charge in [-0.2, -0.15) is 0 Å². The van der Waals surface area contributed by atoms with E-state index in [1.807, 2.05) is 0 Å². The average Bonchev–Trinajstić information content (AvgIpc) is 2.66. The number of nitrogens with zero attached hydrogens (tertiary/aromatic N) is 3. The Bertz CT molecular complexity index is 342. The standard InChI is InChI=1S/C12H22N4S/c1-10(2)7-15-3-5-16(6-4-15)8-11-9-17-12(13)14-11/h9-10H,3-8H2,1-2H3,(H2,13,14). The number of hydrogen-bond acceptors (Lipinski definition) is 5. The first-order valence-electron chi connectivity index (χ1n) is 6.28. The molecule has 2 rings (SSSR count). The van der Waals surface area contributed by atoms with Gasteiger partial charge in [0.25, 0.3) is 0 Å². The van der Waals surface area contributed by atoms with Crippen molar-refractivity contribution in [3.8, 4) is 0 Å². The molecular formula is C12H22N4S. The smallest absolute Gasteiger partial charge is 0.180 e. The van der Waals surface area contributed by atoms with Crippen LogP contribution >= 0.6 is 11.3 Å². The zero-order chi connectivity index (χ0) is 12.3. The van der Waals surface area contributed by atoms with Crippen molar-refractivity contribution in [1.82, 2.24) is 14.8 Å². The van der Waals surface area contributed by atoms with Gasteiger partial charge < -0.3 is 10.6 Å². The lowest BCUT2D eigenvalue weighted by Crippen LogP contribution is -2.46. The lowest BCUT2D eigenvalue weighted by molar-refractivity contribution is 0.116. The Morgan fingerprint density at radius 3 is 2.47 bits per heavy atom. The van der Waals surface area contributed by atoms with Gasteiger partial charge >= 0.3 is 0 Å². The minimum atomic E-state index is 0.679. The Balaban J connectivity index is 1.75.